The maximum atomic E-state index is 13.6. The largest absolute Gasteiger partial charge is 0.360 e. The van der Waals surface area contributed by atoms with E-state index < -0.39 is 11.5 Å². The lowest BCUT2D eigenvalue weighted by molar-refractivity contribution is -0.144. The molecule has 1 aromatic rings. The van der Waals surface area contributed by atoms with E-state index in [2.05, 4.69) is 16.1 Å². The number of ether oxygens (including phenoxy) is 1. The maximum absolute atomic E-state index is 13.6. The molecule has 2 saturated heterocycles. The number of likely N-dealkylation sites (N-methyl/N-ethyl adjacent to an activating group) is 1. The predicted molar refractivity (Wildman–Crippen MR) is 111 cm³/mol. The minimum absolute atomic E-state index is 0.0435. The van der Waals surface area contributed by atoms with Crippen molar-refractivity contribution < 1.29 is 14.3 Å². The Balaban J connectivity index is 1.34. The number of fused-ring (bicyclic) bond motifs is 1. The molecule has 0 aromatic carbocycles. The van der Waals surface area contributed by atoms with Gasteiger partial charge in [-0.05, 0) is 25.8 Å². The summed E-state index contributed by atoms with van der Waals surface area (Å²) < 4.78 is 8.18. The van der Waals surface area contributed by atoms with Crippen molar-refractivity contribution in [2.75, 3.05) is 19.6 Å². The van der Waals surface area contributed by atoms with E-state index in [1.54, 1.807) is 6.20 Å². The van der Waals surface area contributed by atoms with E-state index in [1.807, 2.05) is 34.8 Å². The van der Waals surface area contributed by atoms with E-state index in [-0.39, 0.29) is 23.8 Å². The van der Waals surface area contributed by atoms with Gasteiger partial charge in [0.05, 0.1) is 31.0 Å². The van der Waals surface area contributed by atoms with Crippen LogP contribution in [0.3, 0.4) is 0 Å². The molecule has 7 heteroatoms. The minimum Gasteiger partial charge on any atom is -0.360 e. The van der Waals surface area contributed by atoms with Crippen molar-refractivity contribution in [2.45, 2.75) is 69.7 Å². The molecule has 7 nitrogen and oxygen atoms in total. The molecule has 2 amide bonds. The van der Waals surface area contributed by atoms with Crippen LogP contribution in [0.5, 0.6) is 0 Å². The summed E-state index contributed by atoms with van der Waals surface area (Å²) in [4.78, 5) is 31.1. The van der Waals surface area contributed by atoms with Crippen LogP contribution in [0.25, 0.3) is 0 Å². The molecule has 4 heterocycles. The van der Waals surface area contributed by atoms with E-state index in [4.69, 9.17) is 4.74 Å². The number of likely N-dealkylation sites (tertiary alicyclic amines) is 1. The molecule has 1 saturated carbocycles. The van der Waals surface area contributed by atoms with Gasteiger partial charge < -0.3 is 14.5 Å². The van der Waals surface area contributed by atoms with Crippen LogP contribution in [-0.2, 0) is 20.9 Å². The summed E-state index contributed by atoms with van der Waals surface area (Å²) in [5, 5.41) is 4.23. The molecular formula is C23H32N4O3. The summed E-state index contributed by atoms with van der Waals surface area (Å²) in [5.41, 5.74) is -0.601. The molecular weight excluding hydrogens is 380 g/mol. The first-order chi connectivity index (χ1) is 14.6. The van der Waals surface area contributed by atoms with Crippen LogP contribution in [0, 0.1) is 11.8 Å². The molecule has 5 rings (SSSR count). The van der Waals surface area contributed by atoms with Gasteiger partial charge in [-0.25, -0.2) is 0 Å². The Morgan fingerprint density at radius 1 is 1.30 bits per heavy atom. The van der Waals surface area contributed by atoms with Gasteiger partial charge >= 0.3 is 0 Å². The SMILES string of the molecule is CCN(CCn1cccn1)C(=O)[C@H]1[C@@H]2C=C[C@@]3(CN(C4CCCCCC4)C(=O)[C@H]13)O2. The zero-order valence-electron chi connectivity index (χ0n) is 17.8. The maximum Gasteiger partial charge on any atom is 0.230 e. The summed E-state index contributed by atoms with van der Waals surface area (Å²) in [6.45, 7) is 4.46. The fraction of sp³-hybridized carbons (Fsp3) is 0.696. The number of carbonyl (C=O) groups is 2. The van der Waals surface area contributed by atoms with Gasteiger partial charge in [-0.15, -0.1) is 0 Å². The highest BCUT2D eigenvalue weighted by Crippen LogP contribution is 2.53. The lowest BCUT2D eigenvalue weighted by Gasteiger charge is -2.31. The average Bonchev–Trinajstić information content (AvgIpc) is 3.48. The monoisotopic (exact) mass is 412 g/mol. The van der Waals surface area contributed by atoms with Crippen molar-refractivity contribution in [3.05, 3.63) is 30.6 Å². The molecule has 3 fully saturated rings. The third-order valence-electron chi connectivity index (χ3n) is 7.53. The van der Waals surface area contributed by atoms with E-state index in [9.17, 15) is 9.59 Å². The first-order valence-corrected chi connectivity index (χ1v) is 11.6. The molecule has 1 aromatic heterocycles. The summed E-state index contributed by atoms with van der Waals surface area (Å²) in [6.07, 6.45) is 14.5. The quantitative estimate of drug-likeness (QED) is 0.531. The summed E-state index contributed by atoms with van der Waals surface area (Å²) in [7, 11) is 0. The van der Waals surface area contributed by atoms with Crippen LogP contribution in [0.2, 0.25) is 0 Å². The molecule has 4 atom stereocenters. The highest BCUT2D eigenvalue weighted by molar-refractivity contribution is 5.93. The fourth-order valence-electron chi connectivity index (χ4n) is 5.98. The zero-order valence-corrected chi connectivity index (χ0v) is 17.8. The zero-order chi connectivity index (χ0) is 20.7. The number of carbonyl (C=O) groups excluding carboxylic acids is 2. The first kappa shape index (κ1) is 19.8. The Morgan fingerprint density at radius 2 is 2.10 bits per heavy atom. The van der Waals surface area contributed by atoms with Crippen LogP contribution in [0.15, 0.2) is 30.6 Å². The molecule has 2 bridgehead atoms. The van der Waals surface area contributed by atoms with Crippen molar-refractivity contribution in [2.24, 2.45) is 11.8 Å². The van der Waals surface area contributed by atoms with Crippen molar-refractivity contribution in [3.8, 4) is 0 Å². The molecule has 1 aliphatic carbocycles. The van der Waals surface area contributed by atoms with Gasteiger partial charge in [-0.2, -0.15) is 5.10 Å². The number of nitrogens with zero attached hydrogens (tertiary/aromatic N) is 4. The second-order valence-electron chi connectivity index (χ2n) is 9.20. The van der Waals surface area contributed by atoms with Crippen LogP contribution in [-0.4, -0.2) is 68.8 Å². The number of rotatable bonds is 6. The standard InChI is InChI=1S/C23H32N4O3/c1-2-25(14-15-26-13-7-12-24-26)21(28)19-18-10-11-23(30-18)16-27(22(29)20(19)23)17-8-5-3-4-6-9-17/h7,10-13,17-20H,2-6,8-9,14-16H2,1H3/t18-,19-,20-,23-/m0/s1. The molecule has 1 spiro atoms. The van der Waals surface area contributed by atoms with Gasteiger partial charge in [0.15, 0.2) is 0 Å². The predicted octanol–water partition coefficient (Wildman–Crippen LogP) is 2.24. The second-order valence-corrected chi connectivity index (χ2v) is 9.20. The highest BCUT2D eigenvalue weighted by Gasteiger charge is 2.67. The smallest absolute Gasteiger partial charge is 0.230 e. The van der Waals surface area contributed by atoms with Crippen molar-refractivity contribution in [3.63, 3.8) is 0 Å². The van der Waals surface area contributed by atoms with E-state index in [1.165, 1.54) is 25.7 Å². The lowest BCUT2D eigenvalue weighted by atomic mass is 9.76. The molecule has 162 valence electrons. The van der Waals surface area contributed by atoms with Crippen molar-refractivity contribution in [1.82, 2.24) is 19.6 Å². The van der Waals surface area contributed by atoms with Crippen LogP contribution in [0.4, 0.5) is 0 Å². The molecule has 0 N–H and O–H groups in total. The molecule has 0 radical (unpaired) electrons. The number of amides is 2. The van der Waals surface area contributed by atoms with Gasteiger partial charge in [-0.1, -0.05) is 37.8 Å². The van der Waals surface area contributed by atoms with Gasteiger partial charge in [-0.3, -0.25) is 14.3 Å². The summed E-state index contributed by atoms with van der Waals surface area (Å²) >= 11 is 0. The second kappa shape index (κ2) is 7.84. The van der Waals surface area contributed by atoms with Gasteiger partial charge in [0, 0.05) is 31.5 Å². The number of hydrogen-bond acceptors (Lipinski definition) is 4. The Kier molecular flexibility index (Phi) is 5.17. The fourth-order valence-corrected chi connectivity index (χ4v) is 5.98. The minimum atomic E-state index is -0.601. The number of aromatic nitrogens is 2. The first-order valence-electron chi connectivity index (χ1n) is 11.6. The Morgan fingerprint density at radius 3 is 2.80 bits per heavy atom. The normalized spacial score (nSPS) is 33.2. The van der Waals surface area contributed by atoms with Gasteiger partial charge in [0.25, 0.3) is 0 Å². The molecule has 4 aliphatic rings. The third kappa shape index (κ3) is 3.18. The van der Waals surface area contributed by atoms with Crippen LogP contribution >= 0.6 is 0 Å². The Bertz CT molecular complexity index is 814. The van der Waals surface area contributed by atoms with E-state index >= 15 is 0 Å². The topological polar surface area (TPSA) is 67.7 Å². The van der Waals surface area contributed by atoms with Gasteiger partial charge in [0.1, 0.15) is 5.60 Å². The van der Waals surface area contributed by atoms with Crippen LogP contribution in [0.1, 0.15) is 45.4 Å². The van der Waals surface area contributed by atoms with E-state index in [0.29, 0.717) is 32.2 Å². The Hall–Kier alpha value is -2.15. The highest BCUT2D eigenvalue weighted by atomic mass is 16.5. The van der Waals surface area contributed by atoms with Crippen LogP contribution < -0.4 is 0 Å². The Labute approximate surface area is 178 Å². The lowest BCUT2D eigenvalue weighted by Crippen LogP contribution is -2.47. The van der Waals surface area contributed by atoms with Gasteiger partial charge in [0.2, 0.25) is 11.8 Å². The molecule has 30 heavy (non-hydrogen) atoms. The van der Waals surface area contributed by atoms with Crippen molar-refractivity contribution >= 4 is 11.8 Å². The average molecular weight is 413 g/mol. The molecule has 0 unspecified atom stereocenters. The van der Waals surface area contributed by atoms with E-state index in [0.717, 1.165) is 12.8 Å². The molecule has 3 aliphatic heterocycles. The summed E-state index contributed by atoms with van der Waals surface area (Å²) in [5.74, 6) is -0.602. The summed E-state index contributed by atoms with van der Waals surface area (Å²) in [6, 6.07) is 2.18. The van der Waals surface area contributed by atoms with Crippen molar-refractivity contribution in [1.29, 1.82) is 0 Å². The number of hydrogen-bond donors (Lipinski definition) is 0. The third-order valence-corrected chi connectivity index (χ3v) is 7.53.